The van der Waals surface area contributed by atoms with Gasteiger partial charge in [-0.3, -0.25) is 0 Å². The van der Waals surface area contributed by atoms with Crippen LogP contribution in [0, 0.1) is 11.8 Å². The van der Waals surface area contributed by atoms with Crippen molar-refractivity contribution in [2.24, 2.45) is 11.8 Å². The van der Waals surface area contributed by atoms with Crippen LogP contribution in [0.1, 0.15) is 0 Å². The smallest absolute Gasteiger partial charge is 0.157 e. The molecule has 5 rings (SSSR count). The summed E-state index contributed by atoms with van der Waals surface area (Å²) in [4.78, 5) is 9.74. The number of fused-ring (bicyclic) bond motifs is 2. The molecule has 3 aromatic rings. The summed E-state index contributed by atoms with van der Waals surface area (Å²) >= 11 is 0. The molecule has 0 bridgehead atoms. The van der Waals surface area contributed by atoms with Gasteiger partial charge < -0.3 is 9.80 Å². The minimum absolute atomic E-state index is 0.772. The highest BCUT2D eigenvalue weighted by Crippen LogP contribution is 2.34. The third-order valence-electron chi connectivity index (χ3n) is 5.40. The fourth-order valence-electron chi connectivity index (χ4n) is 4.29. The van der Waals surface area contributed by atoms with Crippen molar-refractivity contribution < 1.29 is 0 Å². The highest BCUT2D eigenvalue weighted by atomic mass is 15.4. The topological polar surface area (TPSA) is 36.7 Å². The second-order valence-electron chi connectivity index (χ2n) is 7.11. The van der Waals surface area contributed by atoms with Gasteiger partial charge in [0.05, 0.1) is 11.9 Å². The summed E-state index contributed by atoms with van der Waals surface area (Å²) < 4.78 is 1.98. The van der Waals surface area contributed by atoms with Gasteiger partial charge in [-0.05, 0) is 18.9 Å². The number of likely N-dealkylation sites (tertiary alicyclic amines) is 1. The predicted octanol–water partition coefficient (Wildman–Crippen LogP) is 2.39. The molecular formula is C19H21N5. The molecule has 0 radical (unpaired) electrons. The van der Waals surface area contributed by atoms with E-state index in [9.17, 15) is 0 Å². The van der Waals surface area contributed by atoms with Crippen molar-refractivity contribution in [2.45, 2.75) is 0 Å². The van der Waals surface area contributed by atoms with Crippen LogP contribution in [0.25, 0.3) is 16.9 Å². The third kappa shape index (κ3) is 2.19. The molecule has 2 aliphatic heterocycles. The Kier molecular flexibility index (Phi) is 3.10. The number of anilines is 1. The summed E-state index contributed by atoms with van der Waals surface area (Å²) in [5.41, 5.74) is 3.09. The first-order valence-corrected chi connectivity index (χ1v) is 8.61. The Bertz CT molecular complexity index is 858. The average molecular weight is 319 g/mol. The van der Waals surface area contributed by atoms with E-state index in [-0.39, 0.29) is 0 Å². The summed E-state index contributed by atoms with van der Waals surface area (Å²) in [5.74, 6) is 2.71. The maximum Gasteiger partial charge on any atom is 0.157 e. The quantitative estimate of drug-likeness (QED) is 0.727. The second-order valence-corrected chi connectivity index (χ2v) is 7.11. The molecule has 0 N–H and O–H groups in total. The van der Waals surface area contributed by atoms with E-state index in [0.717, 1.165) is 41.8 Å². The molecule has 2 saturated heterocycles. The molecule has 1 aromatic carbocycles. The number of hydrogen-bond donors (Lipinski definition) is 0. The van der Waals surface area contributed by atoms with Gasteiger partial charge in [0.1, 0.15) is 5.82 Å². The van der Waals surface area contributed by atoms with Crippen LogP contribution in [0.3, 0.4) is 0 Å². The summed E-state index contributed by atoms with van der Waals surface area (Å²) in [7, 11) is 2.23. The molecule has 5 heteroatoms. The molecule has 5 nitrogen and oxygen atoms in total. The van der Waals surface area contributed by atoms with E-state index in [2.05, 4.69) is 52.3 Å². The van der Waals surface area contributed by atoms with E-state index < -0.39 is 0 Å². The fourth-order valence-corrected chi connectivity index (χ4v) is 4.29. The first-order chi connectivity index (χ1) is 11.8. The molecule has 0 unspecified atom stereocenters. The zero-order valence-electron chi connectivity index (χ0n) is 13.8. The average Bonchev–Trinajstić information content (AvgIpc) is 3.28. The first-order valence-electron chi connectivity index (χ1n) is 8.61. The van der Waals surface area contributed by atoms with E-state index in [1.165, 1.54) is 18.9 Å². The third-order valence-corrected chi connectivity index (χ3v) is 5.40. The molecule has 4 heterocycles. The molecule has 0 spiro atoms. The largest absolute Gasteiger partial charge is 0.356 e. The maximum absolute atomic E-state index is 4.79. The van der Waals surface area contributed by atoms with Gasteiger partial charge in [0.15, 0.2) is 5.65 Å². The monoisotopic (exact) mass is 319 g/mol. The standard InChI is InChI=1S/C19H21N5/c1-22-10-15-12-23(13-16(15)11-22)19-9-17(14-5-3-2-4-6-14)21-18-7-8-20-24(18)19/h2-9,15-16H,10-13H2,1H3/t15-,16+. The van der Waals surface area contributed by atoms with E-state index in [0.29, 0.717) is 0 Å². The lowest BCUT2D eigenvalue weighted by molar-refractivity contribution is 0.386. The number of hydrogen-bond acceptors (Lipinski definition) is 4. The Balaban J connectivity index is 1.57. The van der Waals surface area contributed by atoms with Gasteiger partial charge in [0.25, 0.3) is 0 Å². The van der Waals surface area contributed by atoms with Gasteiger partial charge in [-0.25, -0.2) is 4.98 Å². The Morgan fingerprint density at radius 3 is 2.46 bits per heavy atom. The van der Waals surface area contributed by atoms with Crippen molar-refractivity contribution in [3.8, 4) is 11.3 Å². The molecule has 2 fully saturated rings. The van der Waals surface area contributed by atoms with Gasteiger partial charge in [-0.15, -0.1) is 0 Å². The van der Waals surface area contributed by atoms with Crippen molar-refractivity contribution in [1.29, 1.82) is 0 Å². The maximum atomic E-state index is 4.79. The van der Waals surface area contributed by atoms with E-state index >= 15 is 0 Å². The molecule has 24 heavy (non-hydrogen) atoms. The number of nitrogens with zero attached hydrogens (tertiary/aromatic N) is 5. The molecule has 0 aliphatic carbocycles. The lowest BCUT2D eigenvalue weighted by Gasteiger charge is -2.22. The highest BCUT2D eigenvalue weighted by molar-refractivity contribution is 5.67. The van der Waals surface area contributed by atoms with E-state index in [1.54, 1.807) is 0 Å². The van der Waals surface area contributed by atoms with Crippen LogP contribution >= 0.6 is 0 Å². The SMILES string of the molecule is CN1C[C@@H]2CN(c3cc(-c4ccccc4)nc4ccnn34)C[C@@H]2C1. The van der Waals surface area contributed by atoms with Crippen LogP contribution in [0.5, 0.6) is 0 Å². The van der Waals surface area contributed by atoms with Crippen LogP contribution in [0.2, 0.25) is 0 Å². The second kappa shape index (κ2) is 5.31. The highest BCUT2D eigenvalue weighted by Gasteiger charge is 2.39. The van der Waals surface area contributed by atoms with Gasteiger partial charge in [0, 0.05) is 43.9 Å². The Hall–Kier alpha value is -2.40. The first kappa shape index (κ1) is 14.0. The van der Waals surface area contributed by atoms with Crippen molar-refractivity contribution >= 4 is 11.5 Å². The number of rotatable bonds is 2. The Morgan fingerprint density at radius 2 is 1.71 bits per heavy atom. The van der Waals surface area contributed by atoms with E-state index in [1.807, 2.05) is 22.8 Å². The summed E-state index contributed by atoms with van der Waals surface area (Å²) in [6.45, 7) is 4.64. The van der Waals surface area contributed by atoms with Crippen LogP contribution < -0.4 is 4.90 Å². The van der Waals surface area contributed by atoms with Crippen LogP contribution in [-0.2, 0) is 0 Å². The van der Waals surface area contributed by atoms with Gasteiger partial charge in [-0.2, -0.15) is 9.61 Å². The minimum atomic E-state index is 0.772. The van der Waals surface area contributed by atoms with Crippen molar-refractivity contribution in [3.63, 3.8) is 0 Å². The van der Waals surface area contributed by atoms with Crippen molar-refractivity contribution in [3.05, 3.63) is 48.7 Å². The van der Waals surface area contributed by atoms with Crippen LogP contribution in [0.4, 0.5) is 5.82 Å². The van der Waals surface area contributed by atoms with Gasteiger partial charge in [-0.1, -0.05) is 30.3 Å². The zero-order valence-corrected chi connectivity index (χ0v) is 13.8. The molecular weight excluding hydrogens is 298 g/mol. The summed E-state index contributed by atoms with van der Waals surface area (Å²) in [6.07, 6.45) is 1.84. The van der Waals surface area contributed by atoms with Gasteiger partial charge >= 0.3 is 0 Å². The lowest BCUT2D eigenvalue weighted by Crippen LogP contribution is -2.28. The summed E-state index contributed by atoms with van der Waals surface area (Å²) in [5, 5.41) is 4.51. The molecule has 122 valence electrons. The number of aromatic nitrogens is 3. The minimum Gasteiger partial charge on any atom is -0.356 e. The Labute approximate surface area is 141 Å². The lowest BCUT2D eigenvalue weighted by atomic mass is 10.0. The normalized spacial score (nSPS) is 24.0. The van der Waals surface area contributed by atoms with Gasteiger partial charge in [0.2, 0.25) is 0 Å². The van der Waals surface area contributed by atoms with E-state index in [4.69, 9.17) is 4.98 Å². The molecule has 2 aromatic heterocycles. The summed E-state index contributed by atoms with van der Waals surface area (Å²) in [6, 6.07) is 14.6. The van der Waals surface area contributed by atoms with Crippen molar-refractivity contribution in [1.82, 2.24) is 19.5 Å². The molecule has 0 amide bonds. The molecule has 2 aliphatic rings. The number of benzene rings is 1. The zero-order chi connectivity index (χ0) is 16.1. The molecule has 2 atom stereocenters. The molecule has 0 saturated carbocycles. The fraction of sp³-hybridized carbons (Fsp3) is 0.368. The van der Waals surface area contributed by atoms with Crippen molar-refractivity contribution in [2.75, 3.05) is 38.1 Å². The van der Waals surface area contributed by atoms with Crippen LogP contribution in [0.15, 0.2) is 48.7 Å². The Morgan fingerprint density at radius 1 is 0.958 bits per heavy atom. The van der Waals surface area contributed by atoms with Crippen LogP contribution in [-0.4, -0.2) is 52.7 Å². The predicted molar refractivity (Wildman–Crippen MR) is 95.1 cm³/mol.